The van der Waals surface area contributed by atoms with Crippen LogP contribution in [-0.2, 0) is 4.79 Å². The first-order valence-electron chi connectivity index (χ1n) is 4.91. The second kappa shape index (κ2) is 5.33. The summed E-state index contributed by atoms with van der Waals surface area (Å²) in [6, 6.07) is 0. The minimum Gasteiger partial charge on any atom is -0.437 e. The van der Waals surface area contributed by atoms with E-state index < -0.39 is 0 Å². The highest BCUT2D eigenvalue weighted by atomic mass is 32.2. The SMILES string of the molecule is Cc1nc(SCC(=O)Nc2nccs2)oc1C. The molecule has 0 spiro atoms. The Labute approximate surface area is 107 Å². The highest BCUT2D eigenvalue weighted by Crippen LogP contribution is 2.20. The van der Waals surface area contributed by atoms with Gasteiger partial charge in [-0.2, -0.15) is 0 Å². The molecule has 0 aromatic carbocycles. The average molecular weight is 269 g/mol. The van der Waals surface area contributed by atoms with Crippen molar-refractivity contribution < 1.29 is 9.21 Å². The quantitative estimate of drug-likeness (QED) is 0.864. The van der Waals surface area contributed by atoms with Crippen molar-refractivity contribution in [2.75, 3.05) is 11.1 Å². The lowest BCUT2D eigenvalue weighted by Crippen LogP contribution is -2.13. The van der Waals surface area contributed by atoms with Crippen LogP contribution in [0.5, 0.6) is 0 Å². The number of aryl methyl sites for hydroxylation is 2. The van der Waals surface area contributed by atoms with E-state index in [1.54, 1.807) is 6.20 Å². The van der Waals surface area contributed by atoms with Crippen molar-refractivity contribution in [3.63, 3.8) is 0 Å². The van der Waals surface area contributed by atoms with Gasteiger partial charge in [0.15, 0.2) is 5.13 Å². The first kappa shape index (κ1) is 12.1. The van der Waals surface area contributed by atoms with Crippen LogP contribution in [0.3, 0.4) is 0 Å². The molecule has 7 heteroatoms. The van der Waals surface area contributed by atoms with Gasteiger partial charge < -0.3 is 9.73 Å². The zero-order valence-corrected chi connectivity index (χ0v) is 11.0. The fraction of sp³-hybridized carbons (Fsp3) is 0.300. The van der Waals surface area contributed by atoms with Crippen molar-refractivity contribution in [2.24, 2.45) is 0 Å². The third kappa shape index (κ3) is 3.31. The Balaban J connectivity index is 1.84. The van der Waals surface area contributed by atoms with E-state index in [1.165, 1.54) is 23.1 Å². The molecule has 90 valence electrons. The van der Waals surface area contributed by atoms with Crippen molar-refractivity contribution in [2.45, 2.75) is 19.1 Å². The molecule has 2 rings (SSSR count). The lowest BCUT2D eigenvalue weighted by molar-refractivity contribution is -0.113. The van der Waals surface area contributed by atoms with Gasteiger partial charge in [-0.15, -0.1) is 11.3 Å². The molecule has 17 heavy (non-hydrogen) atoms. The van der Waals surface area contributed by atoms with E-state index in [0.29, 0.717) is 10.4 Å². The average Bonchev–Trinajstić information content (AvgIpc) is 2.87. The van der Waals surface area contributed by atoms with Gasteiger partial charge in [-0.3, -0.25) is 4.79 Å². The molecule has 0 saturated carbocycles. The molecule has 0 fully saturated rings. The number of oxazole rings is 1. The fourth-order valence-corrected chi connectivity index (χ4v) is 2.33. The van der Waals surface area contributed by atoms with Gasteiger partial charge in [0, 0.05) is 11.6 Å². The van der Waals surface area contributed by atoms with Gasteiger partial charge in [0.05, 0.1) is 11.4 Å². The summed E-state index contributed by atoms with van der Waals surface area (Å²) in [5.41, 5.74) is 0.854. The van der Waals surface area contributed by atoms with Crippen molar-refractivity contribution >= 4 is 34.1 Å². The summed E-state index contributed by atoms with van der Waals surface area (Å²) in [6.45, 7) is 3.72. The van der Waals surface area contributed by atoms with E-state index >= 15 is 0 Å². The molecule has 0 radical (unpaired) electrons. The molecule has 0 aliphatic heterocycles. The van der Waals surface area contributed by atoms with Gasteiger partial charge in [-0.05, 0) is 13.8 Å². The lowest BCUT2D eigenvalue weighted by atomic mass is 10.4. The molecule has 2 heterocycles. The van der Waals surface area contributed by atoms with Gasteiger partial charge >= 0.3 is 0 Å². The number of carbonyl (C=O) groups is 1. The zero-order valence-electron chi connectivity index (χ0n) is 9.39. The van der Waals surface area contributed by atoms with Crippen LogP contribution in [-0.4, -0.2) is 21.6 Å². The van der Waals surface area contributed by atoms with Gasteiger partial charge in [0.2, 0.25) is 5.91 Å². The number of amides is 1. The predicted molar refractivity (Wildman–Crippen MR) is 67.4 cm³/mol. The normalized spacial score (nSPS) is 10.5. The van der Waals surface area contributed by atoms with Gasteiger partial charge in [-0.1, -0.05) is 11.8 Å². The maximum atomic E-state index is 11.5. The third-order valence-electron chi connectivity index (χ3n) is 2.01. The van der Waals surface area contributed by atoms with E-state index in [4.69, 9.17) is 4.42 Å². The van der Waals surface area contributed by atoms with Crippen LogP contribution >= 0.6 is 23.1 Å². The predicted octanol–water partition coefficient (Wildman–Crippen LogP) is 2.48. The summed E-state index contributed by atoms with van der Waals surface area (Å²) in [6.07, 6.45) is 1.65. The van der Waals surface area contributed by atoms with E-state index in [-0.39, 0.29) is 11.7 Å². The van der Waals surface area contributed by atoms with E-state index in [2.05, 4.69) is 15.3 Å². The summed E-state index contributed by atoms with van der Waals surface area (Å²) in [7, 11) is 0. The van der Waals surface area contributed by atoms with Gasteiger partial charge in [0.1, 0.15) is 5.76 Å². The molecule has 1 amide bonds. The first-order valence-corrected chi connectivity index (χ1v) is 6.78. The van der Waals surface area contributed by atoms with Crippen LogP contribution in [0.15, 0.2) is 21.2 Å². The highest BCUT2D eigenvalue weighted by Gasteiger charge is 2.10. The third-order valence-corrected chi connectivity index (χ3v) is 3.53. The summed E-state index contributed by atoms with van der Waals surface area (Å²) < 4.78 is 5.36. The van der Waals surface area contributed by atoms with E-state index in [9.17, 15) is 4.79 Å². The Morgan fingerprint density at radius 3 is 3.00 bits per heavy atom. The summed E-state index contributed by atoms with van der Waals surface area (Å²) >= 11 is 2.66. The monoisotopic (exact) mass is 269 g/mol. The van der Waals surface area contributed by atoms with Crippen LogP contribution in [0.1, 0.15) is 11.5 Å². The fourth-order valence-electron chi connectivity index (χ4n) is 1.07. The van der Waals surface area contributed by atoms with Crippen LogP contribution in [0.2, 0.25) is 0 Å². The maximum Gasteiger partial charge on any atom is 0.256 e. The van der Waals surface area contributed by atoms with Crippen molar-refractivity contribution in [3.8, 4) is 0 Å². The number of carbonyl (C=O) groups excluding carboxylic acids is 1. The number of nitrogens with one attached hydrogen (secondary N) is 1. The van der Waals surface area contributed by atoms with Gasteiger partial charge in [0.25, 0.3) is 5.22 Å². The van der Waals surface area contributed by atoms with Crippen molar-refractivity contribution in [3.05, 3.63) is 23.0 Å². The Morgan fingerprint density at radius 2 is 2.41 bits per heavy atom. The van der Waals surface area contributed by atoms with Crippen LogP contribution in [0.25, 0.3) is 0 Å². The Hall–Kier alpha value is -1.34. The molecule has 0 saturated heterocycles. The lowest BCUT2D eigenvalue weighted by Gasteiger charge is -1.98. The number of nitrogens with zero attached hydrogens (tertiary/aromatic N) is 2. The van der Waals surface area contributed by atoms with E-state index in [1.807, 2.05) is 19.2 Å². The number of hydrogen-bond acceptors (Lipinski definition) is 6. The minimum atomic E-state index is -0.113. The summed E-state index contributed by atoms with van der Waals surface area (Å²) in [5.74, 6) is 0.935. The summed E-state index contributed by atoms with van der Waals surface area (Å²) in [5, 5.41) is 5.63. The molecule has 0 atom stereocenters. The molecule has 0 unspecified atom stereocenters. The number of thiazole rings is 1. The Bertz CT molecular complexity index is 488. The molecular weight excluding hydrogens is 258 g/mol. The standard InChI is InChI=1S/C10H11N3O2S2/c1-6-7(2)15-10(12-6)17-5-8(14)13-9-11-3-4-16-9/h3-4H,5H2,1-2H3,(H,11,13,14). The Kier molecular flexibility index (Phi) is 3.80. The second-order valence-corrected chi connectivity index (χ2v) is 5.12. The minimum absolute atomic E-state index is 0.113. The van der Waals surface area contributed by atoms with Crippen LogP contribution < -0.4 is 5.32 Å². The molecule has 1 N–H and O–H groups in total. The topological polar surface area (TPSA) is 68.0 Å². The molecule has 0 aliphatic carbocycles. The smallest absolute Gasteiger partial charge is 0.256 e. The van der Waals surface area contributed by atoms with Gasteiger partial charge in [-0.25, -0.2) is 9.97 Å². The largest absolute Gasteiger partial charge is 0.437 e. The van der Waals surface area contributed by atoms with E-state index in [0.717, 1.165) is 11.5 Å². The number of hydrogen-bond donors (Lipinski definition) is 1. The van der Waals surface area contributed by atoms with Crippen LogP contribution in [0.4, 0.5) is 5.13 Å². The molecule has 5 nitrogen and oxygen atoms in total. The van der Waals surface area contributed by atoms with Crippen LogP contribution in [0, 0.1) is 13.8 Å². The Morgan fingerprint density at radius 1 is 1.59 bits per heavy atom. The highest BCUT2D eigenvalue weighted by molar-refractivity contribution is 7.99. The first-order chi connectivity index (χ1) is 8.15. The molecule has 2 aromatic rings. The number of anilines is 1. The molecular formula is C10H11N3O2S2. The number of rotatable bonds is 4. The summed E-state index contributed by atoms with van der Waals surface area (Å²) in [4.78, 5) is 19.7. The second-order valence-electron chi connectivity index (χ2n) is 3.30. The van der Waals surface area contributed by atoms with Crippen molar-refractivity contribution in [1.29, 1.82) is 0 Å². The zero-order chi connectivity index (χ0) is 12.3. The molecule has 0 aliphatic rings. The maximum absolute atomic E-state index is 11.5. The number of thioether (sulfide) groups is 1. The molecule has 0 bridgehead atoms. The molecule has 2 aromatic heterocycles. The number of aromatic nitrogens is 2. The van der Waals surface area contributed by atoms with Crippen molar-refractivity contribution in [1.82, 2.24) is 9.97 Å².